The number of halogens is 2. The van der Waals surface area contributed by atoms with Crippen LogP contribution in [0.1, 0.15) is 18.1 Å². The first kappa shape index (κ1) is 27.2. The van der Waals surface area contributed by atoms with E-state index < -0.39 is 40.2 Å². The zero-order chi connectivity index (χ0) is 26.5. The number of likely N-dealkylation sites (N-methyl/N-ethyl adjacent to an activating group) is 1. The van der Waals surface area contributed by atoms with Crippen LogP contribution in [0.3, 0.4) is 0 Å². The molecule has 0 bridgehead atoms. The maximum atomic E-state index is 14.4. The Morgan fingerprint density at radius 3 is 2.28 bits per heavy atom. The zero-order valence-electron chi connectivity index (χ0n) is 20.1. The van der Waals surface area contributed by atoms with Gasteiger partial charge in [-0.2, -0.15) is 0 Å². The van der Waals surface area contributed by atoms with Gasteiger partial charge in [-0.15, -0.1) is 0 Å². The summed E-state index contributed by atoms with van der Waals surface area (Å²) in [7, 11) is -2.78. The van der Waals surface area contributed by atoms with E-state index in [0.717, 1.165) is 9.21 Å². The molecule has 0 saturated carbocycles. The summed E-state index contributed by atoms with van der Waals surface area (Å²) in [5.41, 5.74) is 0.877. The Balaban J connectivity index is 2.08. The van der Waals surface area contributed by atoms with Crippen LogP contribution in [0.25, 0.3) is 0 Å². The van der Waals surface area contributed by atoms with Crippen molar-refractivity contribution in [3.63, 3.8) is 0 Å². The predicted octanol–water partition coefficient (Wildman–Crippen LogP) is 4.15. The van der Waals surface area contributed by atoms with E-state index >= 15 is 0 Å². The monoisotopic (exact) mass is 531 g/mol. The maximum absolute atomic E-state index is 14.4. The van der Waals surface area contributed by atoms with Crippen LogP contribution in [-0.4, -0.2) is 44.8 Å². The topological polar surface area (TPSA) is 86.8 Å². The molecule has 0 aliphatic carbocycles. The highest BCUT2D eigenvalue weighted by molar-refractivity contribution is 7.92. The standard InChI is InChI=1S/C26H27ClFN3O4S/c1-18-22(27)13-9-15-24(18)31(36(34,35)21-11-5-4-6-12-21)17-25(32)30(19(2)26(33)29-3)16-20-10-7-8-14-23(20)28/h4-15,19H,16-17H2,1-3H3,(H,29,33). The van der Waals surface area contributed by atoms with Crippen LogP contribution in [0, 0.1) is 12.7 Å². The van der Waals surface area contributed by atoms with Crippen LogP contribution < -0.4 is 9.62 Å². The number of sulfonamides is 1. The third-order valence-electron chi connectivity index (χ3n) is 5.83. The van der Waals surface area contributed by atoms with Gasteiger partial charge in [0.25, 0.3) is 10.0 Å². The highest BCUT2D eigenvalue weighted by Crippen LogP contribution is 2.31. The number of amides is 2. The van der Waals surface area contributed by atoms with Gasteiger partial charge in [-0.05, 0) is 49.7 Å². The van der Waals surface area contributed by atoms with E-state index in [-0.39, 0.29) is 22.7 Å². The van der Waals surface area contributed by atoms with Gasteiger partial charge in [0.05, 0.1) is 10.6 Å². The summed E-state index contributed by atoms with van der Waals surface area (Å²) >= 11 is 6.28. The fraction of sp³-hybridized carbons (Fsp3) is 0.231. The molecule has 10 heteroatoms. The molecule has 0 heterocycles. The van der Waals surface area contributed by atoms with E-state index in [9.17, 15) is 22.4 Å². The second-order valence-corrected chi connectivity index (χ2v) is 10.4. The van der Waals surface area contributed by atoms with Crippen molar-refractivity contribution in [2.45, 2.75) is 31.3 Å². The van der Waals surface area contributed by atoms with Crippen molar-refractivity contribution < 1.29 is 22.4 Å². The lowest BCUT2D eigenvalue weighted by atomic mass is 10.1. The summed E-state index contributed by atoms with van der Waals surface area (Å²) in [6.07, 6.45) is 0. The van der Waals surface area contributed by atoms with Gasteiger partial charge < -0.3 is 10.2 Å². The molecule has 0 aromatic heterocycles. The Morgan fingerprint density at radius 2 is 1.64 bits per heavy atom. The lowest BCUT2D eigenvalue weighted by Gasteiger charge is -2.32. The van der Waals surface area contributed by atoms with Crippen LogP contribution in [0.15, 0.2) is 77.7 Å². The minimum Gasteiger partial charge on any atom is -0.357 e. The van der Waals surface area contributed by atoms with Crippen LogP contribution in [0.4, 0.5) is 10.1 Å². The van der Waals surface area contributed by atoms with Gasteiger partial charge in [0.2, 0.25) is 11.8 Å². The first-order valence-corrected chi connectivity index (χ1v) is 13.0. The Labute approximate surface area is 215 Å². The normalized spacial score (nSPS) is 12.0. The van der Waals surface area contributed by atoms with E-state index in [2.05, 4.69) is 5.32 Å². The minimum atomic E-state index is -4.20. The van der Waals surface area contributed by atoms with Gasteiger partial charge in [-0.1, -0.05) is 54.1 Å². The van der Waals surface area contributed by atoms with Crippen molar-refractivity contribution in [1.82, 2.24) is 10.2 Å². The fourth-order valence-electron chi connectivity index (χ4n) is 3.70. The van der Waals surface area contributed by atoms with Gasteiger partial charge in [-0.25, -0.2) is 12.8 Å². The quantitative estimate of drug-likeness (QED) is 0.449. The predicted molar refractivity (Wildman–Crippen MR) is 138 cm³/mol. The molecule has 190 valence electrons. The van der Waals surface area contributed by atoms with Crippen molar-refractivity contribution in [3.8, 4) is 0 Å². The number of carbonyl (C=O) groups is 2. The van der Waals surface area contributed by atoms with Crippen molar-refractivity contribution in [2.75, 3.05) is 17.9 Å². The Morgan fingerprint density at radius 1 is 1.00 bits per heavy atom. The van der Waals surface area contributed by atoms with E-state index in [0.29, 0.717) is 10.6 Å². The molecule has 1 atom stereocenters. The van der Waals surface area contributed by atoms with Gasteiger partial charge in [0.15, 0.2) is 0 Å². The van der Waals surface area contributed by atoms with Crippen molar-refractivity contribution in [3.05, 3.63) is 94.8 Å². The van der Waals surface area contributed by atoms with Crippen molar-refractivity contribution >= 4 is 39.1 Å². The number of anilines is 1. The molecular formula is C26H27ClFN3O4S. The van der Waals surface area contributed by atoms with Crippen LogP contribution in [-0.2, 0) is 26.2 Å². The van der Waals surface area contributed by atoms with E-state index in [1.807, 2.05) is 0 Å². The second kappa shape index (κ2) is 11.5. The Hall–Kier alpha value is -3.43. The van der Waals surface area contributed by atoms with Crippen molar-refractivity contribution in [1.29, 1.82) is 0 Å². The number of rotatable bonds is 9. The largest absolute Gasteiger partial charge is 0.357 e. The molecule has 2 amide bonds. The Kier molecular flexibility index (Phi) is 8.70. The third-order valence-corrected chi connectivity index (χ3v) is 8.01. The average molecular weight is 532 g/mol. The number of hydrogen-bond donors (Lipinski definition) is 1. The summed E-state index contributed by atoms with van der Waals surface area (Å²) in [5, 5.41) is 2.81. The van der Waals surface area contributed by atoms with Crippen molar-refractivity contribution in [2.24, 2.45) is 0 Å². The molecule has 3 aromatic rings. The van der Waals surface area contributed by atoms with E-state index in [1.54, 1.807) is 49.4 Å². The molecule has 1 unspecified atom stereocenters. The number of benzene rings is 3. The molecule has 0 spiro atoms. The highest BCUT2D eigenvalue weighted by Gasteiger charge is 2.33. The van der Waals surface area contributed by atoms with E-state index in [1.165, 1.54) is 44.3 Å². The molecule has 0 aliphatic rings. The van der Waals surface area contributed by atoms with Gasteiger partial charge in [0, 0.05) is 24.2 Å². The molecule has 3 rings (SSSR count). The number of carbonyl (C=O) groups excluding carboxylic acids is 2. The van der Waals surface area contributed by atoms with Gasteiger partial charge in [0.1, 0.15) is 18.4 Å². The summed E-state index contributed by atoms with van der Waals surface area (Å²) in [6, 6.07) is 17.4. The minimum absolute atomic E-state index is 0.0165. The zero-order valence-corrected chi connectivity index (χ0v) is 21.7. The number of nitrogens with zero attached hydrogens (tertiary/aromatic N) is 2. The third kappa shape index (κ3) is 5.85. The number of nitrogens with one attached hydrogen (secondary N) is 1. The highest BCUT2D eigenvalue weighted by atomic mass is 35.5. The lowest BCUT2D eigenvalue weighted by molar-refractivity contribution is -0.139. The average Bonchev–Trinajstić information content (AvgIpc) is 2.88. The van der Waals surface area contributed by atoms with Crippen LogP contribution in [0.5, 0.6) is 0 Å². The molecule has 0 fully saturated rings. The molecule has 1 N–H and O–H groups in total. The molecule has 0 radical (unpaired) electrons. The fourth-order valence-corrected chi connectivity index (χ4v) is 5.36. The SMILES string of the molecule is CNC(=O)C(C)N(Cc1ccccc1F)C(=O)CN(c1cccc(Cl)c1C)S(=O)(=O)c1ccccc1. The summed E-state index contributed by atoms with van der Waals surface area (Å²) < 4.78 is 42.8. The summed E-state index contributed by atoms with van der Waals surface area (Å²) in [4.78, 5) is 27.3. The van der Waals surface area contributed by atoms with E-state index in [4.69, 9.17) is 11.6 Å². The Bertz CT molecular complexity index is 1350. The van der Waals surface area contributed by atoms with Crippen LogP contribution >= 0.6 is 11.6 Å². The first-order valence-electron chi connectivity index (χ1n) is 11.1. The second-order valence-electron chi connectivity index (χ2n) is 8.11. The van der Waals surface area contributed by atoms with Gasteiger partial charge >= 0.3 is 0 Å². The molecule has 0 aliphatic heterocycles. The molecule has 3 aromatic carbocycles. The van der Waals surface area contributed by atoms with Crippen LogP contribution in [0.2, 0.25) is 5.02 Å². The lowest BCUT2D eigenvalue weighted by Crippen LogP contribution is -2.51. The summed E-state index contributed by atoms with van der Waals surface area (Å²) in [6.45, 7) is 2.29. The molecule has 7 nitrogen and oxygen atoms in total. The molecule has 0 saturated heterocycles. The van der Waals surface area contributed by atoms with Gasteiger partial charge in [-0.3, -0.25) is 13.9 Å². The molecular weight excluding hydrogens is 505 g/mol. The number of hydrogen-bond acceptors (Lipinski definition) is 4. The smallest absolute Gasteiger partial charge is 0.264 e. The maximum Gasteiger partial charge on any atom is 0.264 e. The summed E-state index contributed by atoms with van der Waals surface area (Å²) in [5.74, 6) is -1.71. The molecule has 36 heavy (non-hydrogen) atoms. The first-order chi connectivity index (χ1) is 17.1.